The van der Waals surface area contributed by atoms with Gasteiger partial charge < -0.3 is 19.3 Å². The van der Waals surface area contributed by atoms with Crippen LogP contribution in [0, 0.1) is 6.92 Å². The number of fused-ring (bicyclic) bond motifs is 1. The summed E-state index contributed by atoms with van der Waals surface area (Å²) in [6, 6.07) is 7.93. The molecule has 1 unspecified atom stereocenters. The van der Waals surface area contributed by atoms with Gasteiger partial charge in [-0.2, -0.15) is 0 Å². The van der Waals surface area contributed by atoms with Crippen molar-refractivity contribution in [3.8, 4) is 5.75 Å². The van der Waals surface area contributed by atoms with Crippen molar-refractivity contribution in [3.05, 3.63) is 82.8 Å². The van der Waals surface area contributed by atoms with Crippen LogP contribution in [0.25, 0.3) is 16.6 Å². The largest absolute Gasteiger partial charge is 0.487 e. The normalized spacial score (nSPS) is 12.2. The Kier molecular flexibility index (Phi) is 8.93. The number of allylic oxidation sites excluding steroid dienone is 2. The van der Waals surface area contributed by atoms with Gasteiger partial charge in [0.2, 0.25) is 0 Å². The van der Waals surface area contributed by atoms with Gasteiger partial charge in [0.05, 0.1) is 5.02 Å². The van der Waals surface area contributed by atoms with Crippen molar-refractivity contribution in [2.24, 2.45) is 0 Å². The summed E-state index contributed by atoms with van der Waals surface area (Å²) in [5.41, 5.74) is 5.11. The highest BCUT2D eigenvalue weighted by Gasteiger charge is 2.22. The fraction of sp³-hybridized carbons (Fsp3) is 0.321. The van der Waals surface area contributed by atoms with E-state index < -0.39 is 12.2 Å². The summed E-state index contributed by atoms with van der Waals surface area (Å²) in [5.74, 6) is 0.631. The van der Waals surface area contributed by atoms with Gasteiger partial charge in [-0.25, -0.2) is 9.78 Å². The van der Waals surface area contributed by atoms with E-state index in [1.54, 1.807) is 32.6 Å². The van der Waals surface area contributed by atoms with Gasteiger partial charge in [0, 0.05) is 74.1 Å². The topological polar surface area (TPSA) is 67.8 Å². The molecule has 0 spiro atoms. The van der Waals surface area contributed by atoms with Gasteiger partial charge in [-0.1, -0.05) is 43.3 Å². The molecule has 0 N–H and O–H groups in total. The molecule has 36 heavy (non-hydrogen) atoms. The lowest BCUT2D eigenvalue weighted by Gasteiger charge is -2.22. The second kappa shape index (κ2) is 11.9. The lowest BCUT2D eigenvalue weighted by Crippen LogP contribution is -2.25. The molecule has 3 aromatic rings. The Hall–Kier alpha value is -3.58. The molecule has 0 bridgehead atoms. The predicted octanol–water partition coefficient (Wildman–Crippen LogP) is 6.41. The van der Waals surface area contributed by atoms with Gasteiger partial charge in [0.15, 0.2) is 0 Å². The van der Waals surface area contributed by atoms with Crippen molar-refractivity contribution in [1.29, 1.82) is 0 Å². The maximum atomic E-state index is 12.2. The molecule has 0 aliphatic heterocycles. The zero-order valence-corrected chi connectivity index (χ0v) is 22.5. The molecule has 0 aliphatic rings. The highest BCUT2D eigenvalue weighted by molar-refractivity contribution is 6.31. The average molecular weight is 509 g/mol. The van der Waals surface area contributed by atoms with Crippen molar-refractivity contribution < 1.29 is 14.3 Å². The standard InChI is InChI=1S/C28H33ClN4O3/c1-8-11-24(32(4)5)20-14-18(3)31-27-19(20)12-10-13-26(27)35-17-22-21(15-30-16-23(22)29)25(9-2)36-28(34)33(6)7/h8,10-16,25H,1,9,17H2,2-7H3/b24-11-. The number of rotatable bonds is 9. The Morgan fingerprint density at radius 3 is 2.58 bits per heavy atom. The third kappa shape index (κ3) is 5.97. The Bertz CT molecular complexity index is 1290. The van der Waals surface area contributed by atoms with E-state index in [2.05, 4.69) is 17.6 Å². The van der Waals surface area contributed by atoms with Crippen LogP contribution in [0.2, 0.25) is 5.02 Å². The molecular formula is C28H33ClN4O3. The first-order chi connectivity index (χ1) is 17.2. The molecular weight excluding hydrogens is 476 g/mol. The molecule has 1 amide bonds. The molecule has 0 aliphatic carbocycles. The summed E-state index contributed by atoms with van der Waals surface area (Å²) in [6.45, 7) is 7.93. The van der Waals surface area contributed by atoms with E-state index in [-0.39, 0.29) is 6.61 Å². The van der Waals surface area contributed by atoms with Crippen LogP contribution in [0.5, 0.6) is 5.75 Å². The Morgan fingerprint density at radius 2 is 1.94 bits per heavy atom. The van der Waals surface area contributed by atoms with E-state index in [1.165, 1.54) is 4.90 Å². The number of benzene rings is 1. The van der Waals surface area contributed by atoms with Crippen LogP contribution < -0.4 is 4.74 Å². The number of hydrogen-bond donors (Lipinski definition) is 0. The molecule has 0 radical (unpaired) electrons. The van der Waals surface area contributed by atoms with Gasteiger partial charge in [0.25, 0.3) is 0 Å². The van der Waals surface area contributed by atoms with Crippen molar-refractivity contribution >= 4 is 34.3 Å². The lowest BCUT2D eigenvalue weighted by atomic mass is 10.0. The number of nitrogens with zero attached hydrogens (tertiary/aromatic N) is 4. The molecule has 190 valence electrons. The molecule has 1 atom stereocenters. The Balaban J connectivity index is 2.02. The van der Waals surface area contributed by atoms with Crippen LogP contribution in [0.15, 0.2) is 55.4 Å². The minimum Gasteiger partial charge on any atom is -0.487 e. The smallest absolute Gasteiger partial charge is 0.409 e. The third-order valence-corrected chi connectivity index (χ3v) is 6.03. The number of aryl methyl sites for hydroxylation is 1. The summed E-state index contributed by atoms with van der Waals surface area (Å²) in [5, 5.41) is 1.41. The van der Waals surface area contributed by atoms with Crippen LogP contribution in [0.1, 0.15) is 41.8 Å². The summed E-state index contributed by atoms with van der Waals surface area (Å²) >= 11 is 6.54. The van der Waals surface area contributed by atoms with Gasteiger partial charge in [-0.05, 0) is 31.6 Å². The quantitative estimate of drug-likeness (QED) is 0.311. The van der Waals surface area contributed by atoms with Crippen LogP contribution in [-0.2, 0) is 11.3 Å². The summed E-state index contributed by atoms with van der Waals surface area (Å²) in [4.78, 5) is 24.7. The maximum Gasteiger partial charge on any atom is 0.409 e. The van der Waals surface area contributed by atoms with E-state index >= 15 is 0 Å². The summed E-state index contributed by atoms with van der Waals surface area (Å²) in [7, 11) is 7.28. The van der Waals surface area contributed by atoms with Crippen LogP contribution >= 0.6 is 11.6 Å². The highest BCUT2D eigenvalue weighted by Crippen LogP contribution is 2.34. The number of amides is 1. The van der Waals surface area contributed by atoms with E-state index in [0.29, 0.717) is 22.8 Å². The van der Waals surface area contributed by atoms with Crippen molar-refractivity contribution in [3.63, 3.8) is 0 Å². The third-order valence-electron chi connectivity index (χ3n) is 5.70. The zero-order valence-electron chi connectivity index (χ0n) is 21.7. The van der Waals surface area contributed by atoms with Crippen molar-refractivity contribution in [1.82, 2.24) is 19.8 Å². The number of carbonyl (C=O) groups is 1. The first-order valence-corrected chi connectivity index (χ1v) is 12.1. The van der Waals surface area contributed by atoms with Crippen LogP contribution in [0.4, 0.5) is 4.79 Å². The number of pyridine rings is 2. The molecule has 1 aromatic carbocycles. The van der Waals surface area contributed by atoms with Crippen LogP contribution in [0.3, 0.4) is 0 Å². The lowest BCUT2D eigenvalue weighted by molar-refractivity contribution is 0.0712. The summed E-state index contributed by atoms with van der Waals surface area (Å²) in [6.07, 6.45) is 6.62. The fourth-order valence-electron chi connectivity index (χ4n) is 3.92. The van der Waals surface area contributed by atoms with Crippen LogP contribution in [-0.4, -0.2) is 54.1 Å². The second-order valence-corrected chi connectivity index (χ2v) is 9.21. The second-order valence-electron chi connectivity index (χ2n) is 8.80. The van der Waals surface area contributed by atoms with Gasteiger partial charge in [0.1, 0.15) is 24.0 Å². The van der Waals surface area contributed by atoms with E-state index in [1.807, 2.05) is 57.1 Å². The van der Waals surface area contributed by atoms with Gasteiger partial charge in [-0.3, -0.25) is 4.98 Å². The van der Waals surface area contributed by atoms with Gasteiger partial charge in [-0.15, -0.1) is 0 Å². The monoisotopic (exact) mass is 508 g/mol. The molecule has 0 saturated carbocycles. The fourth-order valence-corrected chi connectivity index (χ4v) is 4.14. The van der Waals surface area contributed by atoms with Gasteiger partial charge >= 0.3 is 6.09 Å². The summed E-state index contributed by atoms with van der Waals surface area (Å²) < 4.78 is 12.0. The number of hydrogen-bond acceptors (Lipinski definition) is 6. The maximum absolute atomic E-state index is 12.2. The minimum atomic E-state index is -0.504. The van der Waals surface area contributed by atoms with E-state index in [4.69, 9.17) is 26.1 Å². The predicted molar refractivity (Wildman–Crippen MR) is 145 cm³/mol. The molecule has 0 fully saturated rings. The first kappa shape index (κ1) is 27.0. The average Bonchev–Trinajstić information content (AvgIpc) is 2.84. The molecule has 7 nitrogen and oxygen atoms in total. The van der Waals surface area contributed by atoms with Crippen molar-refractivity contribution in [2.45, 2.75) is 33.0 Å². The highest BCUT2D eigenvalue weighted by atomic mass is 35.5. The number of halogens is 1. The number of carbonyl (C=O) groups excluding carboxylic acids is 1. The molecule has 2 heterocycles. The number of ether oxygens (including phenoxy) is 2. The number of para-hydroxylation sites is 1. The minimum absolute atomic E-state index is 0.166. The SMILES string of the molecule is C=C/C=C(/c1cc(C)nc2c(OCc3c(Cl)cncc3C(CC)OC(=O)N(C)C)cccc12)N(C)C. The molecule has 2 aromatic heterocycles. The zero-order chi connectivity index (χ0) is 26.4. The Morgan fingerprint density at radius 1 is 1.19 bits per heavy atom. The number of aromatic nitrogens is 2. The first-order valence-electron chi connectivity index (χ1n) is 11.7. The molecule has 3 rings (SSSR count). The van der Waals surface area contributed by atoms with E-state index in [9.17, 15) is 4.79 Å². The van der Waals surface area contributed by atoms with E-state index in [0.717, 1.165) is 33.4 Å². The molecule has 0 saturated heterocycles. The van der Waals surface area contributed by atoms with Crippen molar-refractivity contribution in [2.75, 3.05) is 28.2 Å². The molecule has 8 heteroatoms. The Labute approximate surface area is 218 Å².